The summed E-state index contributed by atoms with van der Waals surface area (Å²) in [5, 5.41) is 40.5. The molecule has 0 amide bonds. The van der Waals surface area contributed by atoms with E-state index in [2.05, 4.69) is 0 Å². The van der Waals surface area contributed by atoms with Gasteiger partial charge in [-0.2, -0.15) is 0 Å². The molecule has 2 N–H and O–H groups in total. The monoisotopic (exact) mass is 698 g/mol. The van der Waals surface area contributed by atoms with Crippen LogP contribution >= 0.6 is 0 Å². The predicted octanol–water partition coefficient (Wildman–Crippen LogP) is 5.35. The van der Waals surface area contributed by atoms with Crippen LogP contribution in [0.1, 0.15) is 147 Å². The molecule has 0 saturated carbocycles. The van der Waals surface area contributed by atoms with E-state index < -0.39 is 45.5 Å². The molecule has 272 valence electrons. The summed E-state index contributed by atoms with van der Waals surface area (Å²) >= 11 is 0. The average Bonchev–Trinajstić information content (AvgIpc) is 2.91. The van der Waals surface area contributed by atoms with Gasteiger partial charge in [-0.05, 0) is 89.9 Å². The molecule has 0 fully saturated rings. The SMILES string of the molecule is CC(C)(CCCCOCCCC(C)(C)C(C)(C)C(=O)[O-])C(=O)O.CC(C)(CCCCOCCCC(C)(C)C(C)(C)C(=O)[O-])C(=O)O.[Ca+2]. The topological polar surface area (TPSA) is 173 Å². The van der Waals surface area contributed by atoms with E-state index in [9.17, 15) is 29.4 Å². The Morgan fingerprint density at radius 3 is 0.957 bits per heavy atom. The van der Waals surface area contributed by atoms with Crippen molar-refractivity contribution in [3.05, 3.63) is 0 Å². The van der Waals surface area contributed by atoms with E-state index in [0.29, 0.717) is 39.3 Å². The second kappa shape index (κ2) is 22.0. The van der Waals surface area contributed by atoms with Crippen molar-refractivity contribution in [1.82, 2.24) is 0 Å². The quantitative estimate of drug-likeness (QED) is 0.0988. The largest absolute Gasteiger partial charge is 2.00 e. The fraction of sp³-hybridized carbons (Fsp3) is 0.889. The number of carbonyl (C=O) groups is 4. The molecule has 0 atom stereocenters. The zero-order chi connectivity index (χ0) is 36.6. The number of unbranched alkanes of at least 4 members (excludes halogenated alkanes) is 2. The van der Waals surface area contributed by atoms with Gasteiger partial charge < -0.3 is 39.5 Å². The van der Waals surface area contributed by atoms with Gasteiger partial charge in [-0.15, -0.1) is 0 Å². The Morgan fingerprint density at radius 2 is 0.723 bits per heavy atom. The number of aliphatic carboxylic acids is 4. The van der Waals surface area contributed by atoms with Gasteiger partial charge in [-0.25, -0.2) is 0 Å². The second-order valence-corrected chi connectivity index (χ2v) is 16.3. The first-order valence-corrected chi connectivity index (χ1v) is 16.7. The van der Waals surface area contributed by atoms with Crippen molar-refractivity contribution >= 4 is 61.6 Å². The van der Waals surface area contributed by atoms with E-state index in [1.54, 1.807) is 55.4 Å². The minimum absolute atomic E-state index is 0. The minimum atomic E-state index is -1.02. The summed E-state index contributed by atoms with van der Waals surface area (Å²) in [5.41, 5.74) is -3.84. The summed E-state index contributed by atoms with van der Waals surface area (Å²) in [4.78, 5) is 44.4. The number of carboxylic acid groups (broad SMARTS) is 4. The van der Waals surface area contributed by atoms with E-state index in [0.717, 1.165) is 51.4 Å². The molecule has 11 heteroatoms. The van der Waals surface area contributed by atoms with Gasteiger partial charge in [0.05, 0.1) is 10.8 Å². The molecule has 0 aromatic rings. The number of hydrogen-bond donors (Lipinski definition) is 2. The molecular weight excluding hydrogens is 632 g/mol. The number of carbonyl (C=O) groups excluding carboxylic acids is 2. The zero-order valence-electron chi connectivity index (χ0n) is 31.8. The Hall–Kier alpha value is -0.940. The van der Waals surface area contributed by atoms with E-state index in [4.69, 9.17) is 19.7 Å². The number of rotatable bonds is 24. The summed E-state index contributed by atoms with van der Waals surface area (Å²) in [6, 6.07) is 0. The van der Waals surface area contributed by atoms with Gasteiger partial charge >= 0.3 is 49.7 Å². The van der Waals surface area contributed by atoms with E-state index >= 15 is 0 Å². The van der Waals surface area contributed by atoms with Gasteiger partial charge in [0.25, 0.3) is 0 Å². The molecule has 0 aliphatic heterocycles. The standard InChI is InChI=1S/2C18H34O5.Ca/c2*1-16(2,14(19)20)10-7-8-12-23-13-9-11-17(3,4)18(5,6)15(21)22;/h2*7-13H2,1-6H3,(H,19,20)(H,21,22);/q;;+2/p-2. The van der Waals surface area contributed by atoms with Crippen molar-refractivity contribution in [2.24, 2.45) is 32.5 Å². The first kappa shape index (κ1) is 50.4. The first-order chi connectivity index (χ1) is 20.7. The Bertz CT molecular complexity index is 875. The number of ether oxygens (including phenoxy) is 2. The van der Waals surface area contributed by atoms with Crippen LogP contribution in [0.3, 0.4) is 0 Å². The molecule has 0 radical (unpaired) electrons. The maximum Gasteiger partial charge on any atom is 2.00 e. The van der Waals surface area contributed by atoms with E-state index in [-0.39, 0.29) is 48.6 Å². The molecule has 0 rings (SSSR count). The Balaban J connectivity index is -0.000000807. The van der Waals surface area contributed by atoms with Gasteiger partial charge in [0.1, 0.15) is 0 Å². The summed E-state index contributed by atoms with van der Waals surface area (Å²) < 4.78 is 11.1. The number of carboxylic acids is 4. The Kier molecular flexibility index (Phi) is 23.6. The maximum atomic E-state index is 11.2. The summed E-state index contributed by atoms with van der Waals surface area (Å²) in [6.45, 7) is 23.9. The van der Waals surface area contributed by atoms with Crippen LogP contribution in [0.2, 0.25) is 0 Å². The molecule has 0 saturated heterocycles. The van der Waals surface area contributed by atoms with Crippen LogP contribution in [0, 0.1) is 32.5 Å². The first-order valence-electron chi connectivity index (χ1n) is 16.7. The van der Waals surface area contributed by atoms with Crippen molar-refractivity contribution in [2.45, 2.75) is 147 Å². The number of hydrogen-bond acceptors (Lipinski definition) is 8. The summed E-state index contributed by atoms with van der Waals surface area (Å²) in [7, 11) is 0. The van der Waals surface area contributed by atoms with Crippen molar-refractivity contribution in [3.8, 4) is 0 Å². The van der Waals surface area contributed by atoms with Crippen LogP contribution in [0.4, 0.5) is 0 Å². The molecule has 0 aromatic carbocycles. The van der Waals surface area contributed by atoms with Gasteiger partial charge in [-0.1, -0.05) is 68.2 Å². The molecule has 0 aliphatic rings. The fourth-order valence-corrected chi connectivity index (χ4v) is 4.37. The van der Waals surface area contributed by atoms with Gasteiger partial charge in [-0.3, -0.25) is 9.59 Å². The smallest absolute Gasteiger partial charge is 0.550 e. The van der Waals surface area contributed by atoms with Crippen molar-refractivity contribution in [3.63, 3.8) is 0 Å². The molecule has 0 aliphatic carbocycles. The van der Waals surface area contributed by atoms with Gasteiger partial charge in [0, 0.05) is 49.2 Å². The van der Waals surface area contributed by atoms with Crippen LogP contribution < -0.4 is 10.2 Å². The van der Waals surface area contributed by atoms with Crippen LogP contribution in [0.5, 0.6) is 0 Å². The normalized spacial score (nSPS) is 12.9. The average molecular weight is 699 g/mol. The zero-order valence-corrected chi connectivity index (χ0v) is 34.0. The Morgan fingerprint density at radius 1 is 0.468 bits per heavy atom. The van der Waals surface area contributed by atoms with Crippen molar-refractivity contribution < 1.29 is 49.1 Å². The van der Waals surface area contributed by atoms with Crippen LogP contribution in [0.15, 0.2) is 0 Å². The molecule has 10 nitrogen and oxygen atoms in total. The molecular formula is C36H66CaO10. The Labute approximate surface area is 315 Å². The van der Waals surface area contributed by atoms with Crippen LogP contribution in [0.25, 0.3) is 0 Å². The van der Waals surface area contributed by atoms with E-state index in [1.165, 1.54) is 0 Å². The van der Waals surface area contributed by atoms with Crippen LogP contribution in [-0.2, 0) is 28.7 Å². The third-order valence-electron chi connectivity index (χ3n) is 10.4. The maximum absolute atomic E-state index is 11.2. The third kappa shape index (κ3) is 18.6. The van der Waals surface area contributed by atoms with Gasteiger partial charge in [0.2, 0.25) is 0 Å². The molecule has 47 heavy (non-hydrogen) atoms. The molecule has 0 unspecified atom stereocenters. The fourth-order valence-electron chi connectivity index (χ4n) is 4.37. The summed E-state index contributed by atoms with van der Waals surface area (Å²) in [6.07, 6.45) is 7.69. The van der Waals surface area contributed by atoms with Crippen molar-refractivity contribution in [1.29, 1.82) is 0 Å². The van der Waals surface area contributed by atoms with E-state index in [1.807, 2.05) is 27.7 Å². The van der Waals surface area contributed by atoms with Crippen LogP contribution in [-0.4, -0.2) is 98.3 Å². The molecule has 0 spiro atoms. The molecule has 0 bridgehead atoms. The van der Waals surface area contributed by atoms with Crippen molar-refractivity contribution in [2.75, 3.05) is 26.4 Å². The second-order valence-electron chi connectivity index (χ2n) is 16.3. The minimum Gasteiger partial charge on any atom is -0.550 e. The third-order valence-corrected chi connectivity index (χ3v) is 10.4. The predicted molar refractivity (Wildman–Crippen MR) is 182 cm³/mol. The summed E-state index contributed by atoms with van der Waals surface area (Å²) in [5.74, 6) is -3.58. The molecule has 0 aromatic heterocycles. The van der Waals surface area contributed by atoms with Gasteiger partial charge in [0.15, 0.2) is 0 Å². The molecule has 0 heterocycles.